The van der Waals surface area contributed by atoms with Gasteiger partial charge in [0, 0.05) is 11.3 Å². The Kier molecular flexibility index (Phi) is 7.04. The minimum atomic E-state index is -0.508. The summed E-state index contributed by atoms with van der Waals surface area (Å²) in [7, 11) is 0. The normalized spacial score (nSPS) is 14.3. The molecule has 196 valence electrons. The second kappa shape index (κ2) is 11.1. The fourth-order valence-corrected chi connectivity index (χ4v) is 5.58. The largest absolute Gasteiger partial charge is 0.488 e. The summed E-state index contributed by atoms with van der Waals surface area (Å²) in [5, 5.41) is 6.35. The first-order valence-electron chi connectivity index (χ1n) is 12.8. The van der Waals surface area contributed by atoms with Gasteiger partial charge in [0.15, 0.2) is 0 Å². The number of carbonyl (C=O) groups excluding carboxylic acids is 3. The van der Waals surface area contributed by atoms with Gasteiger partial charge in [0.2, 0.25) is 5.91 Å². The van der Waals surface area contributed by atoms with Crippen molar-refractivity contribution in [2.75, 3.05) is 11.9 Å². The number of rotatable bonds is 7. The zero-order chi connectivity index (χ0) is 27.5. The number of para-hydroxylation sites is 1. The third-order valence-electron chi connectivity index (χ3n) is 6.70. The maximum Gasteiger partial charge on any atom is 0.294 e. The number of carbonyl (C=O) groups is 3. The number of nitrogens with zero attached hydrogens (tertiary/aromatic N) is 1. The van der Waals surface area contributed by atoms with Crippen molar-refractivity contribution in [1.82, 2.24) is 4.90 Å². The molecule has 1 N–H and O–H groups in total. The van der Waals surface area contributed by atoms with Crippen molar-refractivity contribution in [1.29, 1.82) is 0 Å². The molecule has 6 nitrogen and oxygen atoms in total. The number of imide groups is 1. The zero-order valence-corrected chi connectivity index (χ0v) is 22.2. The van der Waals surface area contributed by atoms with Crippen LogP contribution in [0.2, 0.25) is 0 Å². The van der Waals surface area contributed by atoms with E-state index in [0.717, 1.165) is 43.8 Å². The van der Waals surface area contributed by atoms with Crippen molar-refractivity contribution < 1.29 is 19.1 Å². The Morgan fingerprint density at radius 3 is 2.25 bits per heavy atom. The Morgan fingerprint density at radius 1 is 0.775 bits per heavy atom. The van der Waals surface area contributed by atoms with Crippen molar-refractivity contribution in [2.24, 2.45) is 0 Å². The summed E-state index contributed by atoms with van der Waals surface area (Å²) in [4.78, 5) is 39.8. The Bertz CT molecular complexity index is 1790. The van der Waals surface area contributed by atoms with Crippen LogP contribution in [0.3, 0.4) is 0 Å². The van der Waals surface area contributed by atoms with Gasteiger partial charge in [-0.15, -0.1) is 0 Å². The first-order chi connectivity index (χ1) is 19.6. The van der Waals surface area contributed by atoms with Crippen LogP contribution in [0, 0.1) is 0 Å². The van der Waals surface area contributed by atoms with Crippen molar-refractivity contribution in [2.45, 2.75) is 6.61 Å². The molecule has 0 aliphatic carbocycles. The summed E-state index contributed by atoms with van der Waals surface area (Å²) in [6.07, 6.45) is 1.70. The van der Waals surface area contributed by atoms with E-state index in [0.29, 0.717) is 23.6 Å². The molecule has 0 aromatic heterocycles. The van der Waals surface area contributed by atoms with E-state index in [4.69, 9.17) is 4.74 Å². The first kappa shape index (κ1) is 25.4. The average Bonchev–Trinajstić information content (AvgIpc) is 3.24. The Balaban J connectivity index is 1.29. The summed E-state index contributed by atoms with van der Waals surface area (Å²) < 4.78 is 6.34. The van der Waals surface area contributed by atoms with Crippen LogP contribution in [0.1, 0.15) is 11.1 Å². The molecule has 6 rings (SSSR count). The van der Waals surface area contributed by atoms with Gasteiger partial charge in [0.25, 0.3) is 11.1 Å². The molecule has 1 aliphatic rings. The van der Waals surface area contributed by atoms with Gasteiger partial charge in [0.05, 0.1) is 4.91 Å². The molecule has 0 spiro atoms. The summed E-state index contributed by atoms with van der Waals surface area (Å²) in [5.41, 5.74) is 2.35. The van der Waals surface area contributed by atoms with Gasteiger partial charge in [-0.05, 0) is 63.1 Å². The van der Waals surface area contributed by atoms with Gasteiger partial charge >= 0.3 is 0 Å². The SMILES string of the molecule is O=C(CN1C(=O)S/C(=C\c2c(OCc3cccc4ccccc34)ccc3ccccc23)C1=O)Nc1ccccc1. The highest BCUT2D eigenvalue weighted by Crippen LogP contribution is 2.37. The third-order valence-corrected chi connectivity index (χ3v) is 7.61. The van der Waals surface area contributed by atoms with Gasteiger partial charge in [-0.2, -0.15) is 0 Å². The molecule has 0 unspecified atom stereocenters. The van der Waals surface area contributed by atoms with E-state index in [9.17, 15) is 14.4 Å². The Hall–Kier alpha value is -4.88. The van der Waals surface area contributed by atoms with E-state index in [1.165, 1.54) is 0 Å². The van der Waals surface area contributed by atoms with Gasteiger partial charge in [-0.25, -0.2) is 0 Å². The molecule has 5 aromatic carbocycles. The fraction of sp³-hybridized carbons (Fsp3) is 0.0606. The fourth-order valence-electron chi connectivity index (χ4n) is 4.76. The van der Waals surface area contributed by atoms with E-state index in [1.54, 1.807) is 30.3 Å². The second-order valence-corrected chi connectivity index (χ2v) is 10.3. The number of hydrogen-bond donors (Lipinski definition) is 1. The summed E-state index contributed by atoms with van der Waals surface area (Å²) in [6, 6.07) is 34.8. The molecular formula is C33H24N2O4S. The topological polar surface area (TPSA) is 75.7 Å². The van der Waals surface area contributed by atoms with E-state index < -0.39 is 17.1 Å². The number of thioether (sulfide) groups is 1. The first-order valence-corrected chi connectivity index (χ1v) is 13.6. The quantitative estimate of drug-likeness (QED) is 0.219. The number of ether oxygens (including phenoxy) is 1. The summed E-state index contributed by atoms with van der Waals surface area (Å²) in [6.45, 7) is -0.0292. The molecule has 0 saturated carbocycles. The molecule has 3 amide bonds. The van der Waals surface area contributed by atoms with Crippen LogP contribution >= 0.6 is 11.8 Å². The van der Waals surface area contributed by atoms with Gasteiger partial charge in [-0.3, -0.25) is 19.3 Å². The van der Waals surface area contributed by atoms with Crippen molar-refractivity contribution >= 4 is 62.1 Å². The van der Waals surface area contributed by atoms with E-state index in [-0.39, 0.29) is 11.4 Å². The highest BCUT2D eigenvalue weighted by atomic mass is 32.2. The highest BCUT2D eigenvalue weighted by Gasteiger charge is 2.36. The number of hydrogen-bond acceptors (Lipinski definition) is 5. The molecule has 0 atom stereocenters. The lowest BCUT2D eigenvalue weighted by atomic mass is 10.0. The van der Waals surface area contributed by atoms with Gasteiger partial charge in [0.1, 0.15) is 18.9 Å². The summed E-state index contributed by atoms with van der Waals surface area (Å²) in [5.74, 6) is -0.356. The van der Waals surface area contributed by atoms with Crippen molar-refractivity contribution in [3.63, 3.8) is 0 Å². The second-order valence-electron chi connectivity index (χ2n) is 9.31. The van der Waals surface area contributed by atoms with Crippen molar-refractivity contribution in [3.05, 3.63) is 125 Å². The van der Waals surface area contributed by atoms with Crippen LogP contribution in [0.4, 0.5) is 10.5 Å². The van der Waals surface area contributed by atoms with Crippen LogP contribution < -0.4 is 10.1 Å². The lowest BCUT2D eigenvalue weighted by molar-refractivity contribution is -0.127. The minimum absolute atomic E-state index is 0.240. The molecular weight excluding hydrogens is 520 g/mol. The van der Waals surface area contributed by atoms with Crippen molar-refractivity contribution in [3.8, 4) is 5.75 Å². The van der Waals surface area contributed by atoms with E-state index in [1.807, 2.05) is 66.7 Å². The molecule has 5 aromatic rings. The van der Waals surface area contributed by atoms with Crippen LogP contribution in [0.15, 0.2) is 114 Å². The predicted octanol–water partition coefficient (Wildman–Crippen LogP) is 7.25. The average molecular weight is 545 g/mol. The van der Waals surface area contributed by atoms with E-state index in [2.05, 4.69) is 23.5 Å². The smallest absolute Gasteiger partial charge is 0.294 e. The number of benzene rings is 5. The monoisotopic (exact) mass is 544 g/mol. The molecule has 1 fully saturated rings. The molecule has 40 heavy (non-hydrogen) atoms. The number of anilines is 1. The molecule has 7 heteroatoms. The number of fused-ring (bicyclic) bond motifs is 2. The molecule has 1 heterocycles. The maximum absolute atomic E-state index is 13.3. The molecule has 0 bridgehead atoms. The summed E-state index contributed by atoms with van der Waals surface area (Å²) >= 11 is 0.821. The van der Waals surface area contributed by atoms with Gasteiger partial charge < -0.3 is 10.1 Å². The zero-order valence-electron chi connectivity index (χ0n) is 21.4. The lowest BCUT2D eigenvalue weighted by Gasteiger charge is -2.14. The molecule has 0 radical (unpaired) electrons. The van der Waals surface area contributed by atoms with Crippen LogP contribution in [-0.4, -0.2) is 28.5 Å². The number of amides is 3. The van der Waals surface area contributed by atoms with Crippen LogP contribution in [0.5, 0.6) is 5.75 Å². The minimum Gasteiger partial charge on any atom is -0.488 e. The Labute approximate surface area is 235 Å². The maximum atomic E-state index is 13.3. The molecule has 1 saturated heterocycles. The van der Waals surface area contributed by atoms with Crippen LogP contribution in [-0.2, 0) is 16.2 Å². The van der Waals surface area contributed by atoms with Crippen LogP contribution in [0.25, 0.3) is 27.6 Å². The highest BCUT2D eigenvalue weighted by molar-refractivity contribution is 8.18. The third kappa shape index (κ3) is 5.19. The Morgan fingerprint density at radius 2 is 1.45 bits per heavy atom. The van der Waals surface area contributed by atoms with Gasteiger partial charge in [-0.1, -0.05) is 91.0 Å². The van der Waals surface area contributed by atoms with E-state index >= 15 is 0 Å². The molecule has 1 aliphatic heterocycles. The lowest BCUT2D eigenvalue weighted by Crippen LogP contribution is -2.36. The number of nitrogens with one attached hydrogen (secondary N) is 1. The standard InChI is InChI=1S/C33H24N2O4S/c36-31(34-25-13-2-1-3-14-25)20-35-32(37)30(40-33(35)38)19-28-27-16-7-5-10-23(27)17-18-29(28)39-21-24-12-8-11-22-9-4-6-15-26(22)24/h1-19H,20-21H2,(H,34,36)/b30-19-. The predicted molar refractivity (Wildman–Crippen MR) is 160 cm³/mol.